The molecule has 1 aromatic rings. The Hall–Kier alpha value is -0.850. The fourth-order valence-corrected chi connectivity index (χ4v) is 1.91. The third-order valence-electron chi connectivity index (χ3n) is 1.82. The Labute approximate surface area is 83.2 Å². The average Bonchev–Trinajstić information content (AvgIpc) is 2.49. The first-order valence-corrected chi connectivity index (χ1v) is 5.19. The molecule has 0 saturated carbocycles. The highest BCUT2D eigenvalue weighted by atomic mass is 32.1. The minimum atomic E-state index is 0.285. The highest BCUT2D eigenvalue weighted by molar-refractivity contribution is 7.11. The van der Waals surface area contributed by atoms with E-state index in [0.717, 1.165) is 6.54 Å². The fourth-order valence-electron chi connectivity index (χ4n) is 1.06. The van der Waals surface area contributed by atoms with Crippen molar-refractivity contribution in [2.24, 2.45) is 0 Å². The molecule has 70 valence electrons. The minimum absolute atomic E-state index is 0.285. The Morgan fingerprint density at radius 2 is 2.38 bits per heavy atom. The van der Waals surface area contributed by atoms with Crippen molar-refractivity contribution in [3.63, 3.8) is 0 Å². The standard InChI is InChI=1S/C10H14N2S/c1-8(5-6-11)12-7-10-4-3-9(2)13-10/h3-4,8,12H,5,7H2,1-2H3. The van der Waals surface area contributed by atoms with Gasteiger partial charge in [0, 0.05) is 22.3 Å². The molecule has 0 aliphatic heterocycles. The van der Waals surface area contributed by atoms with E-state index in [-0.39, 0.29) is 6.04 Å². The number of aryl methyl sites for hydroxylation is 1. The van der Waals surface area contributed by atoms with Crippen LogP contribution in [0.1, 0.15) is 23.1 Å². The maximum Gasteiger partial charge on any atom is 0.0638 e. The van der Waals surface area contributed by atoms with E-state index in [2.05, 4.69) is 30.4 Å². The minimum Gasteiger partial charge on any atom is -0.308 e. The molecular weight excluding hydrogens is 180 g/mol. The molecule has 0 aliphatic carbocycles. The second kappa shape index (κ2) is 5.00. The van der Waals surface area contributed by atoms with E-state index >= 15 is 0 Å². The summed E-state index contributed by atoms with van der Waals surface area (Å²) < 4.78 is 0. The highest BCUT2D eigenvalue weighted by Crippen LogP contribution is 2.14. The monoisotopic (exact) mass is 194 g/mol. The lowest BCUT2D eigenvalue weighted by molar-refractivity contribution is 0.561. The van der Waals surface area contributed by atoms with Gasteiger partial charge in [-0.15, -0.1) is 11.3 Å². The molecule has 1 heterocycles. The second-order valence-corrected chi connectivity index (χ2v) is 4.53. The Morgan fingerprint density at radius 1 is 1.62 bits per heavy atom. The van der Waals surface area contributed by atoms with Crippen molar-refractivity contribution in [3.8, 4) is 6.07 Å². The van der Waals surface area contributed by atoms with Crippen LogP contribution < -0.4 is 5.32 Å². The smallest absolute Gasteiger partial charge is 0.0638 e. The maximum absolute atomic E-state index is 8.45. The zero-order valence-electron chi connectivity index (χ0n) is 8.00. The van der Waals surface area contributed by atoms with Gasteiger partial charge in [-0.2, -0.15) is 5.26 Å². The van der Waals surface area contributed by atoms with Crippen molar-refractivity contribution in [3.05, 3.63) is 21.9 Å². The molecule has 0 aliphatic rings. The molecule has 1 rings (SSSR count). The van der Waals surface area contributed by atoms with Crippen LogP contribution in [0.25, 0.3) is 0 Å². The topological polar surface area (TPSA) is 35.8 Å². The van der Waals surface area contributed by atoms with E-state index in [1.54, 1.807) is 11.3 Å². The molecule has 1 N–H and O–H groups in total. The van der Waals surface area contributed by atoms with Crippen LogP contribution in [0.5, 0.6) is 0 Å². The molecule has 2 nitrogen and oxygen atoms in total. The number of nitriles is 1. The van der Waals surface area contributed by atoms with Crippen LogP contribution in [0.15, 0.2) is 12.1 Å². The first-order valence-electron chi connectivity index (χ1n) is 4.38. The fraction of sp³-hybridized carbons (Fsp3) is 0.500. The van der Waals surface area contributed by atoms with Crippen LogP contribution in [0.3, 0.4) is 0 Å². The van der Waals surface area contributed by atoms with E-state index in [4.69, 9.17) is 5.26 Å². The Morgan fingerprint density at radius 3 is 2.92 bits per heavy atom. The summed E-state index contributed by atoms with van der Waals surface area (Å²) in [5, 5.41) is 11.8. The molecular formula is C10H14N2S. The van der Waals surface area contributed by atoms with Crippen LogP contribution >= 0.6 is 11.3 Å². The Bertz CT molecular complexity index is 298. The van der Waals surface area contributed by atoms with Crippen molar-refractivity contribution < 1.29 is 0 Å². The molecule has 3 heteroatoms. The van der Waals surface area contributed by atoms with Crippen molar-refractivity contribution in [1.82, 2.24) is 5.32 Å². The largest absolute Gasteiger partial charge is 0.308 e. The molecule has 0 fully saturated rings. The molecule has 1 atom stereocenters. The molecule has 0 spiro atoms. The average molecular weight is 194 g/mol. The summed E-state index contributed by atoms with van der Waals surface area (Å²) in [6.07, 6.45) is 0.574. The second-order valence-electron chi connectivity index (χ2n) is 3.16. The van der Waals surface area contributed by atoms with Gasteiger partial charge >= 0.3 is 0 Å². The normalized spacial score (nSPS) is 12.4. The number of thiophene rings is 1. The molecule has 13 heavy (non-hydrogen) atoms. The Kier molecular flexibility index (Phi) is 3.94. The van der Waals surface area contributed by atoms with Gasteiger partial charge in [-0.25, -0.2) is 0 Å². The maximum atomic E-state index is 8.45. The van der Waals surface area contributed by atoms with Gasteiger partial charge in [0.1, 0.15) is 0 Å². The predicted molar refractivity (Wildman–Crippen MR) is 55.6 cm³/mol. The Balaban J connectivity index is 2.31. The van der Waals surface area contributed by atoms with Gasteiger partial charge in [0.25, 0.3) is 0 Å². The van der Waals surface area contributed by atoms with Gasteiger partial charge < -0.3 is 5.32 Å². The van der Waals surface area contributed by atoms with Gasteiger partial charge in [-0.05, 0) is 26.0 Å². The summed E-state index contributed by atoms with van der Waals surface area (Å²) in [6.45, 7) is 5.01. The molecule has 0 amide bonds. The molecule has 1 unspecified atom stereocenters. The van der Waals surface area contributed by atoms with Crippen molar-refractivity contribution in [2.45, 2.75) is 32.9 Å². The van der Waals surface area contributed by atoms with Crippen LogP contribution in [0.2, 0.25) is 0 Å². The lowest BCUT2D eigenvalue weighted by Crippen LogP contribution is -2.24. The quantitative estimate of drug-likeness (QED) is 0.799. The van der Waals surface area contributed by atoms with Crippen LogP contribution in [-0.4, -0.2) is 6.04 Å². The van der Waals surface area contributed by atoms with E-state index < -0.39 is 0 Å². The molecule has 0 radical (unpaired) electrons. The van der Waals surface area contributed by atoms with Crippen LogP contribution in [-0.2, 0) is 6.54 Å². The first-order chi connectivity index (χ1) is 6.22. The van der Waals surface area contributed by atoms with Crippen molar-refractivity contribution in [1.29, 1.82) is 5.26 Å². The summed E-state index contributed by atoms with van der Waals surface area (Å²) in [4.78, 5) is 2.67. The van der Waals surface area contributed by atoms with E-state index in [0.29, 0.717) is 6.42 Å². The lowest BCUT2D eigenvalue weighted by atomic mass is 10.2. The predicted octanol–water partition coefficient (Wildman–Crippen LogP) is 2.45. The summed E-state index contributed by atoms with van der Waals surface area (Å²) in [5.74, 6) is 0. The van der Waals surface area contributed by atoms with Crippen molar-refractivity contribution in [2.75, 3.05) is 0 Å². The van der Waals surface area contributed by atoms with Gasteiger partial charge in [0.05, 0.1) is 12.5 Å². The summed E-state index contributed by atoms with van der Waals surface area (Å²) >= 11 is 1.80. The number of nitrogens with zero attached hydrogens (tertiary/aromatic N) is 1. The van der Waals surface area contributed by atoms with E-state index in [9.17, 15) is 0 Å². The highest BCUT2D eigenvalue weighted by Gasteiger charge is 2.01. The third-order valence-corrected chi connectivity index (χ3v) is 2.82. The van der Waals surface area contributed by atoms with Gasteiger partial charge in [0.15, 0.2) is 0 Å². The SMILES string of the molecule is Cc1ccc(CNC(C)CC#N)s1. The molecule has 0 saturated heterocycles. The number of nitrogens with one attached hydrogen (secondary N) is 1. The number of hydrogen-bond donors (Lipinski definition) is 1. The number of rotatable bonds is 4. The summed E-state index contributed by atoms with van der Waals surface area (Å²) in [6, 6.07) is 6.69. The van der Waals surface area contributed by atoms with E-state index in [1.165, 1.54) is 9.75 Å². The summed E-state index contributed by atoms with van der Waals surface area (Å²) in [7, 11) is 0. The molecule has 1 aromatic heterocycles. The van der Waals surface area contributed by atoms with Crippen LogP contribution in [0, 0.1) is 18.3 Å². The first kappa shape index (κ1) is 10.2. The lowest BCUT2D eigenvalue weighted by Gasteiger charge is -2.07. The van der Waals surface area contributed by atoms with Gasteiger partial charge in [0.2, 0.25) is 0 Å². The van der Waals surface area contributed by atoms with Gasteiger partial charge in [-0.3, -0.25) is 0 Å². The van der Waals surface area contributed by atoms with Crippen molar-refractivity contribution >= 4 is 11.3 Å². The third kappa shape index (κ3) is 3.58. The molecule has 0 aromatic carbocycles. The summed E-state index contributed by atoms with van der Waals surface area (Å²) in [5.41, 5.74) is 0. The van der Waals surface area contributed by atoms with Gasteiger partial charge in [-0.1, -0.05) is 0 Å². The molecule has 0 bridgehead atoms. The zero-order chi connectivity index (χ0) is 9.68. The van der Waals surface area contributed by atoms with Crippen LogP contribution in [0.4, 0.5) is 0 Å². The number of hydrogen-bond acceptors (Lipinski definition) is 3. The van der Waals surface area contributed by atoms with E-state index in [1.807, 2.05) is 6.92 Å². The zero-order valence-corrected chi connectivity index (χ0v) is 8.82.